The van der Waals surface area contributed by atoms with Gasteiger partial charge in [0, 0.05) is 19.0 Å². The average Bonchev–Trinajstić information content (AvgIpc) is 3.51. The van der Waals surface area contributed by atoms with Crippen molar-refractivity contribution in [2.75, 3.05) is 6.54 Å². The van der Waals surface area contributed by atoms with Crippen LogP contribution < -0.4 is 0 Å². The molecule has 1 amide bonds. The van der Waals surface area contributed by atoms with Crippen molar-refractivity contribution in [3.8, 4) is 0 Å². The van der Waals surface area contributed by atoms with Gasteiger partial charge in [0.25, 0.3) is 5.91 Å². The number of carbonyl (C=O) groups excluding carboxylic acids is 1. The predicted molar refractivity (Wildman–Crippen MR) is 108 cm³/mol. The van der Waals surface area contributed by atoms with Crippen LogP contribution in [0.15, 0.2) is 48.5 Å². The fraction of sp³-hybridized carbons (Fsp3) is 0.318. The molecule has 1 aliphatic heterocycles. The standard InChI is InChI=1S/C22H18ClF3N4O/c23-17-15(7-4-8-16(17)22(24,25)26)21(31)29-11-12-30-19(14-9-10-14)27-28-20(30)18(29)13-5-2-1-3-6-13/h1-8,14,18H,9-12H2/t18-/m0/s1. The van der Waals surface area contributed by atoms with Gasteiger partial charge in [-0.2, -0.15) is 13.2 Å². The maximum absolute atomic E-state index is 13.5. The smallest absolute Gasteiger partial charge is 0.322 e. The van der Waals surface area contributed by atoms with Crippen LogP contribution in [-0.2, 0) is 12.7 Å². The van der Waals surface area contributed by atoms with Gasteiger partial charge in [0.05, 0.1) is 16.1 Å². The minimum absolute atomic E-state index is 0.173. The molecule has 160 valence electrons. The van der Waals surface area contributed by atoms with Crippen molar-refractivity contribution in [3.05, 3.63) is 81.9 Å². The van der Waals surface area contributed by atoms with E-state index in [0.29, 0.717) is 24.8 Å². The fourth-order valence-electron chi connectivity index (χ4n) is 4.13. The number of hydrogen-bond acceptors (Lipinski definition) is 3. The molecule has 0 radical (unpaired) electrons. The number of rotatable bonds is 3. The Morgan fingerprint density at radius 2 is 1.68 bits per heavy atom. The van der Waals surface area contributed by atoms with Gasteiger partial charge in [-0.3, -0.25) is 4.79 Å². The summed E-state index contributed by atoms with van der Waals surface area (Å²) in [4.78, 5) is 15.0. The molecule has 3 aromatic rings. The molecule has 1 aliphatic carbocycles. The van der Waals surface area contributed by atoms with Gasteiger partial charge in [-0.15, -0.1) is 10.2 Å². The summed E-state index contributed by atoms with van der Waals surface area (Å²) in [6, 6.07) is 12.2. The molecule has 1 fully saturated rings. The van der Waals surface area contributed by atoms with Crippen molar-refractivity contribution in [3.63, 3.8) is 0 Å². The number of fused-ring (bicyclic) bond motifs is 1. The summed E-state index contributed by atoms with van der Waals surface area (Å²) >= 11 is 6.05. The topological polar surface area (TPSA) is 51.0 Å². The van der Waals surface area contributed by atoms with Gasteiger partial charge in [-0.25, -0.2) is 0 Å². The summed E-state index contributed by atoms with van der Waals surface area (Å²) in [5.74, 6) is 1.36. The Balaban J connectivity index is 1.59. The van der Waals surface area contributed by atoms with E-state index in [9.17, 15) is 18.0 Å². The average molecular weight is 447 g/mol. The van der Waals surface area contributed by atoms with Crippen molar-refractivity contribution in [2.45, 2.75) is 37.5 Å². The quantitative estimate of drug-likeness (QED) is 0.564. The molecular weight excluding hydrogens is 429 g/mol. The van der Waals surface area contributed by atoms with Gasteiger partial charge in [0.15, 0.2) is 5.82 Å². The van der Waals surface area contributed by atoms with Gasteiger partial charge in [-0.05, 0) is 30.5 Å². The number of benzene rings is 2. The largest absolute Gasteiger partial charge is 0.417 e. The van der Waals surface area contributed by atoms with Crippen LogP contribution in [0.5, 0.6) is 0 Å². The lowest BCUT2D eigenvalue weighted by molar-refractivity contribution is -0.137. The fourth-order valence-corrected chi connectivity index (χ4v) is 4.45. The van der Waals surface area contributed by atoms with Gasteiger partial charge in [0.2, 0.25) is 0 Å². The van der Waals surface area contributed by atoms with Crippen LogP contribution in [0, 0.1) is 0 Å². The van der Waals surface area contributed by atoms with Crippen LogP contribution in [0.2, 0.25) is 5.02 Å². The Kier molecular flexibility index (Phi) is 4.77. The summed E-state index contributed by atoms with van der Waals surface area (Å²) in [7, 11) is 0. The second-order valence-electron chi connectivity index (χ2n) is 7.82. The molecule has 31 heavy (non-hydrogen) atoms. The number of nitrogens with zero attached hydrogens (tertiary/aromatic N) is 4. The molecule has 5 rings (SSSR count). The van der Waals surface area contributed by atoms with E-state index in [1.807, 2.05) is 34.9 Å². The van der Waals surface area contributed by atoms with E-state index in [4.69, 9.17) is 11.6 Å². The lowest BCUT2D eigenvalue weighted by Gasteiger charge is -2.36. The van der Waals surface area contributed by atoms with Crippen molar-refractivity contribution in [1.29, 1.82) is 0 Å². The lowest BCUT2D eigenvalue weighted by atomic mass is 10.0. The van der Waals surface area contributed by atoms with E-state index in [-0.39, 0.29) is 5.56 Å². The number of amides is 1. The maximum atomic E-state index is 13.5. The first-order chi connectivity index (χ1) is 14.9. The van der Waals surface area contributed by atoms with Crippen molar-refractivity contribution in [1.82, 2.24) is 19.7 Å². The van der Waals surface area contributed by atoms with Gasteiger partial charge in [-0.1, -0.05) is 48.0 Å². The highest BCUT2D eigenvalue weighted by Gasteiger charge is 2.40. The molecule has 2 aromatic carbocycles. The molecule has 0 spiro atoms. The van der Waals surface area contributed by atoms with Crippen LogP contribution in [0.1, 0.15) is 57.9 Å². The number of aromatic nitrogens is 3. The van der Waals surface area contributed by atoms with E-state index in [1.54, 1.807) is 0 Å². The Hall–Kier alpha value is -2.87. The summed E-state index contributed by atoms with van der Waals surface area (Å²) < 4.78 is 42.0. The number of alkyl halides is 3. The second-order valence-corrected chi connectivity index (χ2v) is 8.20. The van der Waals surface area contributed by atoms with E-state index >= 15 is 0 Å². The Bertz CT molecular complexity index is 1140. The first-order valence-electron chi connectivity index (χ1n) is 10.0. The third kappa shape index (κ3) is 3.48. The predicted octanol–water partition coefficient (Wildman–Crippen LogP) is 5.07. The molecule has 9 heteroatoms. The number of carbonyl (C=O) groups is 1. The summed E-state index contributed by atoms with van der Waals surface area (Å²) in [6.07, 6.45) is -2.51. The molecular formula is C22H18ClF3N4O. The third-order valence-corrected chi connectivity index (χ3v) is 6.19. The molecule has 0 saturated heterocycles. The van der Waals surface area contributed by atoms with Gasteiger partial charge >= 0.3 is 6.18 Å². The summed E-state index contributed by atoms with van der Waals surface area (Å²) in [6.45, 7) is 0.801. The molecule has 5 nitrogen and oxygen atoms in total. The molecule has 1 saturated carbocycles. The Morgan fingerprint density at radius 3 is 2.35 bits per heavy atom. The minimum atomic E-state index is -4.65. The minimum Gasteiger partial charge on any atom is -0.322 e. The van der Waals surface area contributed by atoms with Crippen LogP contribution in [0.4, 0.5) is 13.2 Å². The van der Waals surface area contributed by atoms with E-state index < -0.39 is 28.7 Å². The molecule has 1 aromatic heterocycles. The molecule has 2 heterocycles. The van der Waals surface area contributed by atoms with Crippen LogP contribution >= 0.6 is 11.6 Å². The van der Waals surface area contributed by atoms with E-state index in [0.717, 1.165) is 30.3 Å². The lowest BCUT2D eigenvalue weighted by Crippen LogP contribution is -2.43. The molecule has 1 atom stereocenters. The molecule has 0 unspecified atom stereocenters. The Morgan fingerprint density at radius 1 is 0.968 bits per heavy atom. The highest BCUT2D eigenvalue weighted by molar-refractivity contribution is 6.34. The van der Waals surface area contributed by atoms with Gasteiger partial charge < -0.3 is 9.47 Å². The SMILES string of the molecule is O=C(c1cccc(C(F)(F)F)c1Cl)N1CCn2c(C3CC3)nnc2[C@@H]1c1ccccc1. The maximum Gasteiger partial charge on any atom is 0.417 e. The van der Waals surface area contributed by atoms with E-state index in [1.165, 1.54) is 17.0 Å². The van der Waals surface area contributed by atoms with E-state index in [2.05, 4.69) is 10.2 Å². The zero-order valence-corrected chi connectivity index (χ0v) is 17.1. The summed E-state index contributed by atoms with van der Waals surface area (Å²) in [5, 5.41) is 8.17. The van der Waals surface area contributed by atoms with Crippen molar-refractivity contribution < 1.29 is 18.0 Å². The molecule has 0 N–H and O–H groups in total. The molecule has 0 bridgehead atoms. The normalized spacial score (nSPS) is 18.7. The molecule has 2 aliphatic rings. The number of hydrogen-bond donors (Lipinski definition) is 0. The van der Waals surface area contributed by atoms with Gasteiger partial charge in [0.1, 0.15) is 11.9 Å². The number of halogens is 4. The highest BCUT2D eigenvalue weighted by Crippen LogP contribution is 2.42. The van der Waals surface area contributed by atoms with Crippen LogP contribution in [0.3, 0.4) is 0 Å². The van der Waals surface area contributed by atoms with Crippen LogP contribution in [0.25, 0.3) is 0 Å². The zero-order valence-electron chi connectivity index (χ0n) is 16.3. The van der Waals surface area contributed by atoms with Crippen molar-refractivity contribution >= 4 is 17.5 Å². The van der Waals surface area contributed by atoms with Crippen molar-refractivity contribution in [2.24, 2.45) is 0 Å². The second kappa shape index (κ2) is 7.37. The zero-order chi connectivity index (χ0) is 21.8. The van der Waals surface area contributed by atoms with Crippen LogP contribution in [-0.4, -0.2) is 32.1 Å². The first-order valence-corrected chi connectivity index (χ1v) is 10.4. The Labute approximate surface area is 181 Å². The highest BCUT2D eigenvalue weighted by atomic mass is 35.5. The third-order valence-electron chi connectivity index (χ3n) is 5.78. The first kappa shape index (κ1) is 20.1. The summed E-state index contributed by atoms with van der Waals surface area (Å²) in [5.41, 5.74) is -0.380. The monoisotopic (exact) mass is 446 g/mol.